The van der Waals surface area contributed by atoms with Crippen molar-refractivity contribution >= 4 is 0 Å². The van der Waals surface area contributed by atoms with Crippen LogP contribution in [0.5, 0.6) is 0 Å². The lowest BCUT2D eigenvalue weighted by molar-refractivity contribution is -0.373. The molecule has 18 nitrogen and oxygen atoms in total. The van der Waals surface area contributed by atoms with E-state index in [1.807, 2.05) is 0 Å². The van der Waals surface area contributed by atoms with Gasteiger partial charge in [-0.25, -0.2) is 0 Å². The van der Waals surface area contributed by atoms with Crippen molar-refractivity contribution in [3.8, 4) is 0 Å². The molecular weight excluding hydrogens is 540 g/mol. The summed E-state index contributed by atoms with van der Waals surface area (Å²) in [4.78, 5) is 0. The van der Waals surface area contributed by atoms with E-state index in [2.05, 4.69) is 0 Å². The van der Waals surface area contributed by atoms with Gasteiger partial charge in [0.1, 0.15) is 79.4 Å². The lowest BCUT2D eigenvalue weighted by Crippen LogP contribution is -2.65. The molecule has 16 atom stereocenters. The maximum Gasteiger partial charge on any atom is 0.187 e. The average Bonchev–Trinajstić information content (AvgIpc) is 2.93. The lowest BCUT2D eigenvalue weighted by atomic mass is 9.97. The van der Waals surface area contributed by atoms with Crippen LogP contribution in [0.4, 0.5) is 0 Å². The van der Waals surface area contributed by atoms with Gasteiger partial charge in [0, 0.05) is 0 Å². The van der Waals surface area contributed by atoms with Crippen molar-refractivity contribution in [3.05, 3.63) is 0 Å². The Balaban J connectivity index is 1.70. The SMILES string of the molecule is OCC(O)CO[C@H]1O[C@H](CO)[C@@H](O)[C@H](O)[C@H]1O[C@H]1O[C@H](CO[C@@H]2O[C@H](CO)[C@@H](O)[C@H](O)[C@H]2O)[C@@H](O)[C@H](O)[C@@H]1O. The van der Waals surface area contributed by atoms with Gasteiger partial charge in [0.15, 0.2) is 18.9 Å². The highest BCUT2D eigenvalue weighted by molar-refractivity contribution is 4.94. The molecule has 3 aliphatic heterocycles. The van der Waals surface area contributed by atoms with Crippen LogP contribution >= 0.6 is 0 Å². The zero-order valence-corrected chi connectivity index (χ0v) is 20.6. The second-order valence-electron chi connectivity index (χ2n) is 9.52. The predicted octanol–water partition coefficient (Wildman–Crippen LogP) is -8.20. The normalized spacial score (nSPS) is 48.2. The van der Waals surface area contributed by atoms with Crippen LogP contribution in [0.2, 0.25) is 0 Å². The summed E-state index contributed by atoms with van der Waals surface area (Å²) < 4.78 is 32.3. The first-order chi connectivity index (χ1) is 18.4. The Labute approximate surface area is 221 Å². The molecule has 3 rings (SSSR count). The van der Waals surface area contributed by atoms with Crippen LogP contribution in [0.15, 0.2) is 0 Å². The molecule has 0 aromatic carbocycles. The summed E-state index contributed by atoms with van der Waals surface area (Å²) in [6, 6.07) is 0. The first-order valence-corrected chi connectivity index (χ1v) is 12.2. The zero-order chi connectivity index (χ0) is 29.0. The zero-order valence-electron chi connectivity index (χ0n) is 20.6. The Hall–Kier alpha value is -0.720. The Morgan fingerprint density at radius 3 is 1.59 bits per heavy atom. The molecule has 3 fully saturated rings. The highest BCUT2D eigenvalue weighted by atomic mass is 16.8. The van der Waals surface area contributed by atoms with Gasteiger partial charge < -0.3 is 89.7 Å². The van der Waals surface area contributed by atoms with E-state index in [1.165, 1.54) is 0 Å². The topological polar surface area (TPSA) is 298 Å². The third kappa shape index (κ3) is 7.38. The number of ether oxygens (including phenoxy) is 6. The van der Waals surface area contributed by atoms with Gasteiger partial charge in [0.05, 0.1) is 33.0 Å². The second kappa shape index (κ2) is 14.4. The van der Waals surface area contributed by atoms with Gasteiger partial charge in [-0.3, -0.25) is 0 Å². The summed E-state index contributed by atoms with van der Waals surface area (Å²) in [6.45, 7) is -3.31. The number of rotatable bonds is 11. The first kappa shape index (κ1) is 32.8. The monoisotopic (exact) mass is 578 g/mol. The average molecular weight is 579 g/mol. The summed E-state index contributed by atoms with van der Waals surface area (Å²) in [5, 5.41) is 119. The third-order valence-electron chi connectivity index (χ3n) is 6.72. The van der Waals surface area contributed by atoms with Gasteiger partial charge in [-0.2, -0.15) is 0 Å². The van der Waals surface area contributed by atoms with Gasteiger partial charge in [-0.1, -0.05) is 0 Å². The maximum atomic E-state index is 10.6. The van der Waals surface area contributed by atoms with E-state index in [4.69, 9.17) is 33.5 Å². The quantitative estimate of drug-likeness (QED) is 0.108. The molecule has 18 heteroatoms. The van der Waals surface area contributed by atoms with Crippen LogP contribution in [-0.4, -0.2) is 193 Å². The molecule has 12 N–H and O–H groups in total. The molecule has 0 aliphatic carbocycles. The fourth-order valence-corrected chi connectivity index (χ4v) is 4.31. The second-order valence-corrected chi connectivity index (χ2v) is 9.52. The summed E-state index contributed by atoms with van der Waals surface area (Å²) in [7, 11) is 0. The van der Waals surface area contributed by atoms with Crippen molar-refractivity contribution in [2.45, 2.75) is 98.2 Å². The first-order valence-electron chi connectivity index (χ1n) is 12.2. The molecule has 0 aromatic rings. The third-order valence-corrected chi connectivity index (χ3v) is 6.72. The molecule has 0 saturated carbocycles. The van der Waals surface area contributed by atoms with Gasteiger partial charge in [-0.15, -0.1) is 0 Å². The maximum absolute atomic E-state index is 10.6. The minimum atomic E-state index is -1.92. The van der Waals surface area contributed by atoms with Gasteiger partial charge in [-0.05, 0) is 0 Å². The molecule has 3 aliphatic rings. The van der Waals surface area contributed by atoms with Crippen molar-refractivity contribution < 1.29 is 89.7 Å². The van der Waals surface area contributed by atoms with E-state index in [9.17, 15) is 56.2 Å². The molecule has 1 unspecified atom stereocenters. The molecule has 0 amide bonds. The minimum absolute atomic E-state index is 0.521. The molecular formula is C21H38O18. The fraction of sp³-hybridized carbons (Fsp3) is 1.00. The molecule has 0 bridgehead atoms. The van der Waals surface area contributed by atoms with Crippen molar-refractivity contribution in [3.63, 3.8) is 0 Å². The van der Waals surface area contributed by atoms with E-state index < -0.39 is 131 Å². The summed E-state index contributed by atoms with van der Waals surface area (Å²) in [6.07, 6.45) is -26.4. The van der Waals surface area contributed by atoms with Crippen LogP contribution in [0.1, 0.15) is 0 Å². The number of hydrogen-bond donors (Lipinski definition) is 12. The van der Waals surface area contributed by atoms with Crippen LogP contribution < -0.4 is 0 Å². The van der Waals surface area contributed by atoms with Crippen LogP contribution in [0, 0.1) is 0 Å². The van der Waals surface area contributed by atoms with Crippen LogP contribution in [0.25, 0.3) is 0 Å². The molecule has 3 saturated heterocycles. The van der Waals surface area contributed by atoms with Gasteiger partial charge in [0.2, 0.25) is 0 Å². The minimum Gasteiger partial charge on any atom is -0.394 e. The summed E-state index contributed by atoms with van der Waals surface area (Å²) in [5.74, 6) is 0. The van der Waals surface area contributed by atoms with E-state index in [0.717, 1.165) is 0 Å². The summed E-state index contributed by atoms with van der Waals surface area (Å²) >= 11 is 0. The largest absolute Gasteiger partial charge is 0.394 e. The van der Waals surface area contributed by atoms with Gasteiger partial charge in [0.25, 0.3) is 0 Å². The molecule has 0 aromatic heterocycles. The molecule has 230 valence electrons. The van der Waals surface area contributed by atoms with Crippen molar-refractivity contribution in [1.29, 1.82) is 0 Å². The van der Waals surface area contributed by atoms with Crippen molar-refractivity contribution in [2.24, 2.45) is 0 Å². The number of aliphatic hydroxyl groups is 12. The molecule has 3 heterocycles. The van der Waals surface area contributed by atoms with Crippen molar-refractivity contribution in [2.75, 3.05) is 33.0 Å². The van der Waals surface area contributed by atoms with Crippen LogP contribution in [-0.2, 0) is 28.4 Å². The van der Waals surface area contributed by atoms with E-state index in [0.29, 0.717) is 0 Å². The highest BCUT2D eigenvalue weighted by Crippen LogP contribution is 2.30. The van der Waals surface area contributed by atoms with Crippen LogP contribution in [0.3, 0.4) is 0 Å². The molecule has 0 spiro atoms. The molecule has 39 heavy (non-hydrogen) atoms. The fourth-order valence-electron chi connectivity index (χ4n) is 4.31. The Morgan fingerprint density at radius 1 is 0.538 bits per heavy atom. The highest BCUT2D eigenvalue weighted by Gasteiger charge is 2.52. The number of hydrogen-bond acceptors (Lipinski definition) is 18. The smallest absolute Gasteiger partial charge is 0.187 e. The Bertz CT molecular complexity index is 731. The van der Waals surface area contributed by atoms with Gasteiger partial charge >= 0.3 is 0 Å². The standard InChI is InChI=1S/C21H38O18/c22-1-6(25)4-34-21-18(15(31)11(27)8(3-24)37-21)39-20-17(33)14(30)12(28)9(38-20)5-35-19-16(32)13(29)10(26)7(2-23)36-19/h6-33H,1-5H2/t6?,7-,8-,9-,10-,11-,12-,13+,14+,15+,16-,17+,18-,19-,20-,21+/m1/s1. The summed E-state index contributed by atoms with van der Waals surface area (Å²) in [5.41, 5.74) is 0. The predicted molar refractivity (Wildman–Crippen MR) is 118 cm³/mol. The van der Waals surface area contributed by atoms with E-state index >= 15 is 0 Å². The van der Waals surface area contributed by atoms with E-state index in [1.54, 1.807) is 0 Å². The lowest BCUT2D eigenvalue weighted by Gasteiger charge is -2.46. The number of aliphatic hydroxyl groups excluding tert-OH is 12. The van der Waals surface area contributed by atoms with Crippen molar-refractivity contribution in [1.82, 2.24) is 0 Å². The Kier molecular flexibility index (Phi) is 12.1. The Morgan fingerprint density at radius 2 is 1.03 bits per heavy atom. The van der Waals surface area contributed by atoms with E-state index in [-0.39, 0.29) is 0 Å². The molecule has 0 radical (unpaired) electrons.